The number of aromatic nitrogens is 2. The average molecular weight is 677 g/mol. The third kappa shape index (κ3) is 7.24. The highest BCUT2D eigenvalue weighted by Gasteiger charge is 2.24. The number of aliphatic hydroxyl groups is 1. The minimum atomic E-state index is -0.392. The molecule has 9 nitrogen and oxygen atoms in total. The number of aliphatic hydroxyl groups excluding tert-OH is 1. The number of fused-ring (bicyclic) bond motifs is 1. The molecular formula is C36H39Cl2N5O4. The fraction of sp³-hybridized carbons (Fsp3) is 0.361. The van der Waals surface area contributed by atoms with Crippen molar-refractivity contribution in [1.29, 1.82) is 0 Å². The topological polar surface area (TPSA) is 109 Å². The molecule has 47 heavy (non-hydrogen) atoms. The van der Waals surface area contributed by atoms with Crippen LogP contribution in [-0.4, -0.2) is 71.9 Å². The number of ether oxygens (including phenoxy) is 2. The number of rotatable bonds is 11. The van der Waals surface area contributed by atoms with E-state index in [2.05, 4.69) is 26.6 Å². The van der Waals surface area contributed by atoms with Crippen molar-refractivity contribution < 1.29 is 19.4 Å². The minimum absolute atomic E-state index is 0.101. The molecule has 11 heteroatoms. The summed E-state index contributed by atoms with van der Waals surface area (Å²) in [6, 6.07) is 15.9. The molecular weight excluding hydrogens is 637 g/mol. The number of carbonyl (C=O) groups excluding carboxylic acids is 1. The van der Waals surface area contributed by atoms with Crippen LogP contribution in [0.1, 0.15) is 36.5 Å². The molecule has 0 radical (unpaired) electrons. The quantitative estimate of drug-likeness (QED) is 0.180. The van der Waals surface area contributed by atoms with Gasteiger partial charge in [-0.2, -0.15) is 0 Å². The largest absolute Gasteiger partial charge is 0.496 e. The predicted molar refractivity (Wildman–Crippen MR) is 185 cm³/mol. The highest BCUT2D eigenvalue weighted by Crippen LogP contribution is 2.43. The second kappa shape index (κ2) is 14.6. The Hall–Kier alpha value is -3.73. The Balaban J connectivity index is 1.27. The summed E-state index contributed by atoms with van der Waals surface area (Å²) in [5.74, 6) is 1.39. The highest BCUT2D eigenvalue weighted by atomic mass is 35.5. The van der Waals surface area contributed by atoms with E-state index in [0.29, 0.717) is 59.9 Å². The number of nitrogens with one attached hydrogen (secondary N) is 2. The number of halogens is 2. The van der Waals surface area contributed by atoms with Gasteiger partial charge < -0.3 is 25.2 Å². The first-order chi connectivity index (χ1) is 22.7. The van der Waals surface area contributed by atoms with Crippen molar-refractivity contribution in [2.75, 3.05) is 33.9 Å². The van der Waals surface area contributed by atoms with Gasteiger partial charge in [0, 0.05) is 84.8 Å². The summed E-state index contributed by atoms with van der Waals surface area (Å²) < 4.78 is 11.5. The summed E-state index contributed by atoms with van der Waals surface area (Å²) >= 11 is 14.2. The summed E-state index contributed by atoms with van der Waals surface area (Å²) in [5.41, 5.74) is 7.69. The summed E-state index contributed by atoms with van der Waals surface area (Å²) in [5, 5.41) is 17.3. The van der Waals surface area contributed by atoms with Crippen LogP contribution in [0.5, 0.6) is 11.6 Å². The van der Waals surface area contributed by atoms with E-state index in [1.54, 1.807) is 20.4 Å². The van der Waals surface area contributed by atoms with E-state index in [0.717, 1.165) is 58.5 Å². The van der Waals surface area contributed by atoms with E-state index >= 15 is 0 Å². The number of benzene rings is 2. The standard InChI is InChI=1S/C36H39Cl2N5O4/c1-21(44)19-43-14-12-22-15-24(16-31(46-2)29(22)20-43)35-34(38)27(11-13-40-35)26-5-4-6-28(33(26)37)30-9-7-23(36(42-30)47-3)17-39-18-25-8-10-32(45)41-25/h4-7,9,11,13,15-16,21,25,39,44H,8,10,12,14,17-20H2,1-3H3,(H,41,45)/t21?,25-/m0/s1. The first kappa shape index (κ1) is 33.2. The maximum Gasteiger partial charge on any atom is 0.220 e. The van der Waals surface area contributed by atoms with Crippen molar-refractivity contribution in [1.82, 2.24) is 25.5 Å². The van der Waals surface area contributed by atoms with Crippen LogP contribution in [0, 0.1) is 0 Å². The van der Waals surface area contributed by atoms with E-state index in [-0.39, 0.29) is 11.9 Å². The summed E-state index contributed by atoms with van der Waals surface area (Å²) in [6.45, 7) is 5.22. The molecule has 2 aliphatic heterocycles. The van der Waals surface area contributed by atoms with Crippen LogP contribution in [0.15, 0.2) is 54.7 Å². The predicted octanol–water partition coefficient (Wildman–Crippen LogP) is 5.91. The number of hydrogen-bond acceptors (Lipinski definition) is 8. The molecule has 2 aliphatic rings. The minimum Gasteiger partial charge on any atom is -0.496 e. The van der Waals surface area contributed by atoms with Crippen molar-refractivity contribution in [3.05, 3.63) is 81.5 Å². The Labute approximate surface area is 285 Å². The zero-order valence-corrected chi connectivity index (χ0v) is 28.3. The SMILES string of the molecule is COc1cc(-c2nccc(-c3cccc(-c4ccc(CNC[C@@H]5CCC(=O)N5)c(OC)n4)c3Cl)c2Cl)cc2c1CN(CC(C)O)CC2. The normalized spacial score (nSPS) is 16.9. The third-order valence-electron chi connectivity index (χ3n) is 8.77. The van der Waals surface area contributed by atoms with Crippen molar-refractivity contribution >= 4 is 29.1 Å². The monoisotopic (exact) mass is 675 g/mol. The number of nitrogens with zero attached hydrogens (tertiary/aromatic N) is 3. The maximum atomic E-state index is 11.5. The number of hydrogen-bond donors (Lipinski definition) is 3. The molecule has 246 valence electrons. The van der Waals surface area contributed by atoms with E-state index in [9.17, 15) is 9.90 Å². The molecule has 2 atom stereocenters. The smallest absolute Gasteiger partial charge is 0.220 e. The van der Waals surface area contributed by atoms with Crippen molar-refractivity contribution in [2.24, 2.45) is 0 Å². The Morgan fingerprint density at radius 1 is 1.06 bits per heavy atom. The molecule has 1 amide bonds. The van der Waals surface area contributed by atoms with Crippen LogP contribution < -0.4 is 20.1 Å². The average Bonchev–Trinajstić information content (AvgIpc) is 3.49. The van der Waals surface area contributed by atoms with E-state index < -0.39 is 6.10 Å². The van der Waals surface area contributed by atoms with Gasteiger partial charge in [0.1, 0.15) is 5.75 Å². The van der Waals surface area contributed by atoms with Gasteiger partial charge >= 0.3 is 0 Å². The molecule has 2 aromatic carbocycles. The Morgan fingerprint density at radius 2 is 1.87 bits per heavy atom. The highest BCUT2D eigenvalue weighted by molar-refractivity contribution is 6.39. The van der Waals surface area contributed by atoms with Gasteiger partial charge in [0.15, 0.2) is 0 Å². The van der Waals surface area contributed by atoms with Crippen LogP contribution >= 0.6 is 23.2 Å². The fourth-order valence-corrected chi connectivity index (χ4v) is 7.12. The number of carbonyl (C=O) groups is 1. The molecule has 4 heterocycles. The summed E-state index contributed by atoms with van der Waals surface area (Å²) in [7, 11) is 3.28. The van der Waals surface area contributed by atoms with E-state index in [1.807, 2.05) is 49.4 Å². The molecule has 0 spiro atoms. The number of β-amino-alcohol motifs (C(OH)–C–C–N with tert-alkyl or cyclic N) is 1. The Bertz CT molecular complexity index is 1770. The molecule has 0 aliphatic carbocycles. The molecule has 3 N–H and O–H groups in total. The molecule has 6 rings (SSSR count). The van der Waals surface area contributed by atoms with E-state index in [4.69, 9.17) is 37.7 Å². The molecule has 1 unspecified atom stereocenters. The molecule has 1 fully saturated rings. The Kier molecular flexibility index (Phi) is 10.3. The third-order valence-corrected chi connectivity index (χ3v) is 9.56. The molecule has 2 aromatic heterocycles. The lowest BCUT2D eigenvalue weighted by molar-refractivity contribution is -0.119. The van der Waals surface area contributed by atoms with Crippen LogP contribution in [0.3, 0.4) is 0 Å². The van der Waals surface area contributed by atoms with Crippen molar-refractivity contribution in [2.45, 2.75) is 51.4 Å². The lowest BCUT2D eigenvalue weighted by Gasteiger charge is -2.31. The zero-order valence-electron chi connectivity index (χ0n) is 26.8. The van der Waals surface area contributed by atoms with Crippen molar-refractivity contribution in [3.63, 3.8) is 0 Å². The van der Waals surface area contributed by atoms with Gasteiger partial charge in [-0.3, -0.25) is 14.7 Å². The second-order valence-corrected chi connectivity index (χ2v) is 12.9. The number of pyridine rings is 2. The lowest BCUT2D eigenvalue weighted by atomic mass is 9.93. The van der Waals surface area contributed by atoms with Crippen LogP contribution in [0.2, 0.25) is 10.0 Å². The van der Waals surface area contributed by atoms with Crippen LogP contribution in [0.4, 0.5) is 0 Å². The van der Waals surface area contributed by atoms with Crippen LogP contribution in [-0.2, 0) is 24.3 Å². The summed E-state index contributed by atoms with van der Waals surface area (Å²) in [4.78, 5) is 23.2. The second-order valence-electron chi connectivity index (χ2n) is 12.1. The van der Waals surface area contributed by atoms with Gasteiger partial charge in [0.25, 0.3) is 0 Å². The molecule has 0 saturated carbocycles. The lowest BCUT2D eigenvalue weighted by Crippen LogP contribution is -2.35. The van der Waals surface area contributed by atoms with Gasteiger partial charge in [0.05, 0.1) is 41.8 Å². The van der Waals surface area contributed by atoms with E-state index in [1.165, 1.54) is 5.56 Å². The van der Waals surface area contributed by atoms with Gasteiger partial charge in [-0.15, -0.1) is 0 Å². The molecule has 1 saturated heterocycles. The molecule has 4 aromatic rings. The summed E-state index contributed by atoms with van der Waals surface area (Å²) in [6.07, 6.45) is 3.60. The fourth-order valence-electron chi connectivity index (χ4n) is 6.47. The van der Waals surface area contributed by atoms with Gasteiger partial charge in [-0.25, -0.2) is 4.98 Å². The first-order valence-electron chi connectivity index (χ1n) is 15.8. The number of methoxy groups -OCH3 is 2. The van der Waals surface area contributed by atoms with Crippen LogP contribution in [0.25, 0.3) is 33.6 Å². The van der Waals surface area contributed by atoms with Gasteiger partial charge in [-0.05, 0) is 49.6 Å². The van der Waals surface area contributed by atoms with Crippen molar-refractivity contribution in [3.8, 4) is 45.3 Å². The van der Waals surface area contributed by atoms with Gasteiger partial charge in [0.2, 0.25) is 11.8 Å². The maximum absolute atomic E-state index is 11.5. The Morgan fingerprint density at radius 3 is 2.62 bits per heavy atom. The zero-order chi connectivity index (χ0) is 33.1. The molecule has 0 bridgehead atoms. The first-order valence-corrected chi connectivity index (χ1v) is 16.6. The number of amides is 1. The van der Waals surface area contributed by atoms with Gasteiger partial charge in [-0.1, -0.05) is 47.5 Å².